The largest absolute Gasteiger partial charge is 0.464 e. The Morgan fingerprint density at radius 2 is 1.40 bits per heavy atom. The lowest BCUT2D eigenvalue weighted by atomic mass is 9.98. The van der Waals surface area contributed by atoms with Crippen LogP contribution >= 0.6 is 0 Å². The van der Waals surface area contributed by atoms with Gasteiger partial charge in [0.25, 0.3) is 0 Å². The molecule has 0 saturated carbocycles. The van der Waals surface area contributed by atoms with Crippen molar-refractivity contribution in [2.45, 2.75) is 37.1 Å². The van der Waals surface area contributed by atoms with Gasteiger partial charge in [-0.3, -0.25) is 0 Å². The van der Waals surface area contributed by atoms with E-state index in [1.807, 2.05) is 43.3 Å². The van der Waals surface area contributed by atoms with Gasteiger partial charge in [0.2, 0.25) is 0 Å². The first kappa shape index (κ1) is 28.9. The lowest BCUT2D eigenvalue weighted by Crippen LogP contribution is -2.44. The lowest BCUT2D eigenvalue weighted by molar-refractivity contribution is -0.145. The summed E-state index contributed by atoms with van der Waals surface area (Å²) in [7, 11) is -4.00. The zero-order valence-electron chi connectivity index (χ0n) is 23.3. The molecule has 5 rings (SSSR count). The van der Waals surface area contributed by atoms with Crippen molar-refractivity contribution in [3.8, 4) is 16.9 Å². The van der Waals surface area contributed by atoms with E-state index in [0.717, 1.165) is 27.8 Å². The number of amides is 1. The highest BCUT2D eigenvalue weighted by atomic mass is 32.2. The van der Waals surface area contributed by atoms with Crippen molar-refractivity contribution < 1.29 is 31.7 Å². The summed E-state index contributed by atoms with van der Waals surface area (Å²) in [6.07, 6.45) is -0.632. The highest BCUT2D eigenvalue weighted by Crippen LogP contribution is 2.44. The fraction of sp³-hybridized carbons (Fsp3) is 0.212. The van der Waals surface area contributed by atoms with Crippen LogP contribution in [0.5, 0.6) is 5.75 Å². The average molecular weight is 586 g/mol. The first-order valence-corrected chi connectivity index (χ1v) is 15.0. The van der Waals surface area contributed by atoms with Gasteiger partial charge in [0, 0.05) is 12.3 Å². The van der Waals surface area contributed by atoms with Crippen LogP contribution in [0.15, 0.2) is 102 Å². The standard InChI is InChI=1S/C33H31NO7S/c1-3-39-32(35)31(20-23-14-16-24(17-15-23)41-42(37,38)25-18-12-22(2)13-19-25)34-33(36)40-21-30-28-10-6-4-8-26(28)27-9-5-7-11-29(27)30/h4-19,30-31H,3,20-21H2,1-2H3,(H,34,36)/t31-/m0/s1. The maximum atomic E-state index is 12.9. The lowest BCUT2D eigenvalue weighted by Gasteiger charge is -2.19. The van der Waals surface area contributed by atoms with Crippen LogP contribution in [0.2, 0.25) is 0 Å². The van der Waals surface area contributed by atoms with E-state index in [0.29, 0.717) is 5.56 Å². The Kier molecular flexibility index (Phi) is 8.59. The number of carbonyl (C=O) groups excluding carboxylic acids is 2. The second-order valence-electron chi connectivity index (χ2n) is 9.97. The van der Waals surface area contributed by atoms with Crippen molar-refractivity contribution in [1.82, 2.24) is 5.32 Å². The summed E-state index contributed by atoms with van der Waals surface area (Å²) in [5.74, 6) is -0.599. The van der Waals surface area contributed by atoms with Gasteiger partial charge in [-0.05, 0) is 65.9 Å². The Morgan fingerprint density at radius 3 is 2.00 bits per heavy atom. The molecule has 0 unspecified atom stereocenters. The Bertz CT molecular complexity index is 1640. The fourth-order valence-corrected chi connectivity index (χ4v) is 5.95. The molecule has 4 aromatic rings. The van der Waals surface area contributed by atoms with Gasteiger partial charge in [0.15, 0.2) is 0 Å². The molecule has 0 radical (unpaired) electrons. The molecule has 1 aliphatic rings. The van der Waals surface area contributed by atoms with Crippen LogP contribution in [0.1, 0.15) is 35.1 Å². The zero-order valence-corrected chi connectivity index (χ0v) is 24.1. The summed E-state index contributed by atoms with van der Waals surface area (Å²) in [6.45, 7) is 3.80. The SMILES string of the molecule is CCOC(=O)[C@H](Cc1ccc(OS(=O)(=O)c2ccc(C)cc2)cc1)NC(=O)OCC1c2ccccc2-c2ccccc21. The molecule has 0 aromatic heterocycles. The molecule has 1 amide bonds. The van der Waals surface area contributed by atoms with Gasteiger partial charge >= 0.3 is 22.2 Å². The summed E-state index contributed by atoms with van der Waals surface area (Å²) in [4.78, 5) is 25.6. The molecule has 0 bridgehead atoms. The van der Waals surface area contributed by atoms with Gasteiger partial charge in [0.05, 0.1) is 6.61 Å². The summed E-state index contributed by atoms with van der Waals surface area (Å²) in [5.41, 5.74) is 5.99. The number of benzene rings is 4. The summed E-state index contributed by atoms with van der Waals surface area (Å²) in [6, 6.07) is 27.7. The zero-order chi connectivity index (χ0) is 29.7. The number of alkyl carbamates (subject to hydrolysis) is 1. The van der Waals surface area contributed by atoms with Crippen LogP contribution in [-0.4, -0.2) is 39.7 Å². The maximum Gasteiger partial charge on any atom is 0.407 e. The van der Waals surface area contributed by atoms with Crippen LogP contribution in [0, 0.1) is 6.92 Å². The second kappa shape index (κ2) is 12.5. The van der Waals surface area contributed by atoms with Crippen LogP contribution in [0.4, 0.5) is 4.79 Å². The second-order valence-corrected chi connectivity index (χ2v) is 11.5. The Balaban J connectivity index is 1.23. The van der Waals surface area contributed by atoms with Gasteiger partial charge in [-0.15, -0.1) is 0 Å². The molecule has 0 spiro atoms. The summed E-state index contributed by atoms with van der Waals surface area (Å²) >= 11 is 0. The number of rotatable bonds is 10. The van der Waals surface area contributed by atoms with Gasteiger partial charge in [-0.25, -0.2) is 9.59 Å². The molecular weight excluding hydrogens is 554 g/mol. The molecule has 1 N–H and O–H groups in total. The van der Waals surface area contributed by atoms with E-state index in [2.05, 4.69) is 17.4 Å². The van der Waals surface area contributed by atoms with Crippen molar-refractivity contribution in [1.29, 1.82) is 0 Å². The summed E-state index contributed by atoms with van der Waals surface area (Å²) < 4.78 is 41.3. The Hall–Kier alpha value is -4.63. The first-order valence-electron chi connectivity index (χ1n) is 13.6. The summed E-state index contributed by atoms with van der Waals surface area (Å²) in [5, 5.41) is 2.64. The van der Waals surface area contributed by atoms with Crippen LogP contribution in [0.3, 0.4) is 0 Å². The molecule has 0 fully saturated rings. The van der Waals surface area contributed by atoms with E-state index in [4.69, 9.17) is 13.7 Å². The normalized spacial score (nSPS) is 13.0. The Morgan fingerprint density at radius 1 is 0.810 bits per heavy atom. The number of hydrogen-bond donors (Lipinski definition) is 1. The number of nitrogens with one attached hydrogen (secondary N) is 1. The van der Waals surface area contributed by atoms with Crippen LogP contribution in [-0.2, 0) is 30.8 Å². The number of fused-ring (bicyclic) bond motifs is 3. The third-order valence-electron chi connectivity index (χ3n) is 7.09. The van der Waals surface area contributed by atoms with Gasteiger partial charge < -0.3 is 19.0 Å². The van der Waals surface area contributed by atoms with Gasteiger partial charge in [0.1, 0.15) is 23.3 Å². The third-order valence-corrected chi connectivity index (χ3v) is 8.35. The topological polar surface area (TPSA) is 108 Å². The van der Waals surface area contributed by atoms with Crippen molar-refractivity contribution >= 4 is 22.2 Å². The van der Waals surface area contributed by atoms with E-state index in [1.165, 1.54) is 24.3 Å². The number of aryl methyl sites for hydroxylation is 1. The van der Waals surface area contributed by atoms with E-state index < -0.39 is 28.2 Å². The van der Waals surface area contributed by atoms with Crippen molar-refractivity contribution in [3.05, 3.63) is 119 Å². The van der Waals surface area contributed by atoms with Gasteiger partial charge in [-0.2, -0.15) is 8.42 Å². The smallest absolute Gasteiger partial charge is 0.407 e. The molecule has 8 nitrogen and oxygen atoms in total. The highest BCUT2D eigenvalue weighted by Gasteiger charge is 2.30. The first-order chi connectivity index (χ1) is 20.2. The molecule has 4 aromatic carbocycles. The predicted molar refractivity (Wildman–Crippen MR) is 158 cm³/mol. The maximum absolute atomic E-state index is 12.9. The Labute approximate surface area is 245 Å². The van der Waals surface area contributed by atoms with Crippen LogP contribution in [0.25, 0.3) is 11.1 Å². The molecule has 1 aliphatic carbocycles. The van der Waals surface area contributed by atoms with E-state index in [1.54, 1.807) is 31.2 Å². The number of carbonyl (C=O) groups is 2. The van der Waals surface area contributed by atoms with Crippen molar-refractivity contribution in [2.75, 3.05) is 13.2 Å². The van der Waals surface area contributed by atoms with E-state index in [9.17, 15) is 18.0 Å². The van der Waals surface area contributed by atoms with Gasteiger partial charge in [-0.1, -0.05) is 78.4 Å². The molecule has 0 heterocycles. The highest BCUT2D eigenvalue weighted by molar-refractivity contribution is 7.87. The number of esters is 1. The molecule has 0 aliphatic heterocycles. The molecule has 1 atom stereocenters. The third kappa shape index (κ3) is 6.47. The van der Waals surface area contributed by atoms with E-state index >= 15 is 0 Å². The van der Waals surface area contributed by atoms with E-state index in [-0.39, 0.29) is 36.2 Å². The molecule has 42 heavy (non-hydrogen) atoms. The monoisotopic (exact) mass is 585 g/mol. The van der Waals surface area contributed by atoms with Crippen molar-refractivity contribution in [2.24, 2.45) is 0 Å². The fourth-order valence-electron chi connectivity index (χ4n) is 5.02. The molecule has 216 valence electrons. The minimum absolute atomic E-state index is 0.0480. The minimum Gasteiger partial charge on any atom is -0.464 e. The quantitative estimate of drug-likeness (QED) is 0.186. The minimum atomic E-state index is -4.00. The van der Waals surface area contributed by atoms with Crippen molar-refractivity contribution in [3.63, 3.8) is 0 Å². The number of ether oxygens (including phenoxy) is 2. The predicted octanol–water partition coefficient (Wildman–Crippen LogP) is 5.78. The molecule has 0 saturated heterocycles. The molecular formula is C33H31NO7S. The average Bonchev–Trinajstić information content (AvgIpc) is 3.30. The molecule has 9 heteroatoms. The number of hydrogen-bond acceptors (Lipinski definition) is 7. The van der Waals surface area contributed by atoms with Crippen LogP contribution < -0.4 is 9.50 Å².